The molecule has 0 atom stereocenters. The fourth-order valence-corrected chi connectivity index (χ4v) is 4.45. The number of amides is 1. The summed E-state index contributed by atoms with van der Waals surface area (Å²) in [5.74, 6) is 1.33. The van der Waals surface area contributed by atoms with Crippen molar-refractivity contribution in [2.24, 2.45) is 0 Å². The quantitative estimate of drug-likeness (QED) is 0.425. The fraction of sp³-hybridized carbons (Fsp3) is 0.136. The van der Waals surface area contributed by atoms with E-state index < -0.39 is 0 Å². The van der Waals surface area contributed by atoms with Gasteiger partial charge >= 0.3 is 0 Å². The lowest BCUT2D eigenvalue weighted by molar-refractivity contribution is -0.113. The normalized spacial score (nSPS) is 10.9. The van der Waals surface area contributed by atoms with Crippen molar-refractivity contribution in [3.8, 4) is 16.4 Å². The molecular formula is C22H19FN4OS2. The average molecular weight is 439 g/mol. The zero-order valence-corrected chi connectivity index (χ0v) is 17.8. The van der Waals surface area contributed by atoms with Crippen molar-refractivity contribution in [1.29, 1.82) is 0 Å². The third-order valence-electron chi connectivity index (χ3n) is 4.26. The van der Waals surface area contributed by atoms with Gasteiger partial charge in [-0.1, -0.05) is 30.3 Å². The van der Waals surface area contributed by atoms with Crippen molar-refractivity contribution in [3.63, 3.8) is 0 Å². The van der Waals surface area contributed by atoms with Gasteiger partial charge in [0.2, 0.25) is 11.0 Å². The molecule has 30 heavy (non-hydrogen) atoms. The van der Waals surface area contributed by atoms with Crippen LogP contribution in [0.5, 0.6) is 0 Å². The van der Waals surface area contributed by atoms with E-state index in [9.17, 15) is 9.18 Å². The van der Waals surface area contributed by atoms with Crippen LogP contribution >= 0.6 is 23.1 Å². The lowest BCUT2D eigenvalue weighted by Gasteiger charge is -2.06. The van der Waals surface area contributed by atoms with Crippen LogP contribution in [-0.2, 0) is 10.5 Å². The number of benzene rings is 2. The van der Waals surface area contributed by atoms with E-state index in [0.29, 0.717) is 16.7 Å². The van der Waals surface area contributed by atoms with Crippen LogP contribution in [-0.4, -0.2) is 26.4 Å². The fourth-order valence-electron chi connectivity index (χ4n) is 2.86. The molecule has 0 aliphatic rings. The van der Waals surface area contributed by atoms with Crippen LogP contribution in [0.25, 0.3) is 16.4 Å². The number of carbonyl (C=O) groups is 1. The lowest BCUT2D eigenvalue weighted by atomic mass is 10.2. The number of thiazole rings is 1. The second-order valence-electron chi connectivity index (χ2n) is 6.63. The number of rotatable bonds is 7. The summed E-state index contributed by atoms with van der Waals surface area (Å²) >= 11 is 2.97. The largest absolute Gasteiger partial charge is 0.310 e. The number of nitrogens with one attached hydrogen (secondary N) is 1. The summed E-state index contributed by atoms with van der Waals surface area (Å²) in [6, 6.07) is 18.1. The molecule has 0 aliphatic carbocycles. The lowest BCUT2D eigenvalue weighted by Crippen LogP contribution is -2.17. The highest BCUT2D eigenvalue weighted by molar-refractivity contribution is 7.99. The SMILES string of the molecule is Cc1cc(NC(=O)CSCc2ccccc2)n(-c2nc(-c3ccc(F)cc3)cs2)n1. The van der Waals surface area contributed by atoms with Crippen molar-refractivity contribution >= 4 is 34.8 Å². The van der Waals surface area contributed by atoms with Gasteiger partial charge in [-0.25, -0.2) is 9.37 Å². The molecular weight excluding hydrogens is 419 g/mol. The minimum atomic E-state index is -0.285. The van der Waals surface area contributed by atoms with Gasteiger partial charge in [0.05, 0.1) is 17.1 Å². The summed E-state index contributed by atoms with van der Waals surface area (Å²) in [5, 5.41) is 9.92. The van der Waals surface area contributed by atoms with Gasteiger partial charge in [-0.05, 0) is 36.8 Å². The van der Waals surface area contributed by atoms with Gasteiger partial charge in [0.25, 0.3) is 0 Å². The number of nitrogens with zero attached hydrogens (tertiary/aromatic N) is 3. The minimum absolute atomic E-state index is 0.0904. The number of anilines is 1. The molecule has 2 aromatic heterocycles. The average Bonchev–Trinajstić information content (AvgIpc) is 3.36. The topological polar surface area (TPSA) is 59.8 Å². The summed E-state index contributed by atoms with van der Waals surface area (Å²) in [4.78, 5) is 17.0. The van der Waals surface area contributed by atoms with Crippen LogP contribution < -0.4 is 5.32 Å². The second-order valence-corrected chi connectivity index (χ2v) is 8.45. The summed E-state index contributed by atoms with van der Waals surface area (Å²) < 4.78 is 14.8. The van der Waals surface area contributed by atoms with Gasteiger partial charge in [-0.3, -0.25) is 4.79 Å². The number of aryl methyl sites for hydroxylation is 1. The molecule has 1 N–H and O–H groups in total. The highest BCUT2D eigenvalue weighted by atomic mass is 32.2. The molecule has 4 rings (SSSR count). The molecule has 0 unspecified atom stereocenters. The van der Waals surface area contributed by atoms with Crippen LogP contribution in [0, 0.1) is 12.7 Å². The van der Waals surface area contributed by atoms with Gasteiger partial charge in [-0.15, -0.1) is 23.1 Å². The smallest absolute Gasteiger partial charge is 0.235 e. The molecule has 0 radical (unpaired) electrons. The van der Waals surface area contributed by atoms with E-state index in [1.165, 1.54) is 29.0 Å². The van der Waals surface area contributed by atoms with E-state index in [-0.39, 0.29) is 11.7 Å². The Morgan fingerprint density at radius 3 is 2.70 bits per heavy atom. The Hall–Kier alpha value is -2.97. The Morgan fingerprint density at radius 1 is 1.17 bits per heavy atom. The molecule has 0 aliphatic heterocycles. The van der Waals surface area contributed by atoms with E-state index in [0.717, 1.165) is 22.7 Å². The molecule has 4 aromatic rings. The maximum absolute atomic E-state index is 13.2. The monoisotopic (exact) mass is 438 g/mol. The van der Waals surface area contributed by atoms with Crippen LogP contribution in [0.4, 0.5) is 10.2 Å². The van der Waals surface area contributed by atoms with E-state index in [4.69, 9.17) is 0 Å². The molecule has 5 nitrogen and oxygen atoms in total. The summed E-state index contributed by atoms with van der Waals surface area (Å²) in [6.45, 7) is 1.87. The Balaban J connectivity index is 1.43. The summed E-state index contributed by atoms with van der Waals surface area (Å²) in [7, 11) is 0. The molecule has 152 valence electrons. The zero-order chi connectivity index (χ0) is 20.9. The third-order valence-corrected chi connectivity index (χ3v) is 6.08. The van der Waals surface area contributed by atoms with Crippen molar-refractivity contribution < 1.29 is 9.18 Å². The maximum Gasteiger partial charge on any atom is 0.235 e. The standard InChI is InChI=1S/C22H19FN4OS2/c1-15-11-20(25-21(28)14-29-12-16-5-3-2-4-6-16)27(26-15)22-24-19(13-30-22)17-7-9-18(23)10-8-17/h2-11,13H,12,14H2,1H3,(H,25,28). The molecule has 0 saturated carbocycles. The molecule has 0 saturated heterocycles. The van der Waals surface area contributed by atoms with Gasteiger partial charge in [-0.2, -0.15) is 9.78 Å². The number of carbonyl (C=O) groups excluding carboxylic acids is 1. The first kappa shape index (κ1) is 20.3. The maximum atomic E-state index is 13.2. The van der Waals surface area contributed by atoms with Crippen LogP contribution in [0.15, 0.2) is 66.0 Å². The molecule has 0 bridgehead atoms. The van der Waals surface area contributed by atoms with Crippen molar-refractivity contribution in [1.82, 2.24) is 14.8 Å². The Bertz CT molecular complexity index is 1140. The summed E-state index contributed by atoms with van der Waals surface area (Å²) in [5.41, 5.74) is 3.53. The molecule has 2 aromatic carbocycles. The van der Waals surface area contributed by atoms with Gasteiger partial charge < -0.3 is 5.32 Å². The number of hydrogen-bond acceptors (Lipinski definition) is 5. The molecule has 0 spiro atoms. The highest BCUT2D eigenvalue weighted by Gasteiger charge is 2.14. The van der Waals surface area contributed by atoms with Crippen molar-refractivity contribution in [3.05, 3.63) is 83.1 Å². The first-order valence-corrected chi connectivity index (χ1v) is 11.3. The van der Waals surface area contributed by atoms with Crippen molar-refractivity contribution in [2.75, 3.05) is 11.1 Å². The zero-order valence-electron chi connectivity index (χ0n) is 16.2. The minimum Gasteiger partial charge on any atom is -0.310 e. The molecule has 1 amide bonds. The van der Waals surface area contributed by atoms with Gasteiger partial charge in [0.15, 0.2) is 0 Å². The summed E-state index contributed by atoms with van der Waals surface area (Å²) in [6.07, 6.45) is 0. The molecule has 0 fully saturated rings. The number of hydrogen-bond donors (Lipinski definition) is 1. The Labute approximate surface area is 182 Å². The Kier molecular flexibility index (Phi) is 6.25. The van der Waals surface area contributed by atoms with E-state index in [2.05, 4.69) is 15.4 Å². The third kappa shape index (κ3) is 4.95. The van der Waals surface area contributed by atoms with Crippen LogP contribution in [0.3, 0.4) is 0 Å². The van der Waals surface area contributed by atoms with Crippen molar-refractivity contribution in [2.45, 2.75) is 12.7 Å². The Morgan fingerprint density at radius 2 is 1.93 bits per heavy atom. The van der Waals surface area contributed by atoms with E-state index in [1.807, 2.05) is 48.7 Å². The van der Waals surface area contributed by atoms with Gasteiger partial charge in [0.1, 0.15) is 11.6 Å². The molecule has 2 heterocycles. The number of thioether (sulfide) groups is 1. The highest BCUT2D eigenvalue weighted by Crippen LogP contribution is 2.26. The van der Waals surface area contributed by atoms with Gasteiger partial charge in [0, 0.05) is 22.8 Å². The van der Waals surface area contributed by atoms with Crippen LogP contribution in [0.2, 0.25) is 0 Å². The number of halogens is 1. The number of aromatic nitrogens is 3. The van der Waals surface area contributed by atoms with E-state index >= 15 is 0 Å². The molecule has 8 heteroatoms. The van der Waals surface area contributed by atoms with E-state index in [1.54, 1.807) is 28.6 Å². The first-order valence-electron chi connectivity index (χ1n) is 9.28. The predicted molar refractivity (Wildman–Crippen MR) is 121 cm³/mol. The predicted octanol–water partition coefficient (Wildman–Crippen LogP) is 5.32. The second kappa shape index (κ2) is 9.23. The van der Waals surface area contributed by atoms with Crippen LogP contribution in [0.1, 0.15) is 11.3 Å². The first-order chi connectivity index (χ1) is 14.6.